The van der Waals surface area contributed by atoms with Crippen LogP contribution >= 0.6 is 15.9 Å². The molecule has 3 aromatic rings. The Morgan fingerprint density at radius 1 is 1.08 bits per heavy atom. The van der Waals surface area contributed by atoms with Gasteiger partial charge in [-0.15, -0.1) is 0 Å². The van der Waals surface area contributed by atoms with Crippen LogP contribution in [0.2, 0.25) is 0 Å². The Kier molecular flexibility index (Phi) is 9.55. The zero-order chi connectivity index (χ0) is 27.0. The van der Waals surface area contributed by atoms with E-state index in [1.54, 1.807) is 0 Å². The number of aliphatic hydroxyl groups is 1. The normalized spacial score (nSPS) is 18.7. The molecule has 38 heavy (non-hydrogen) atoms. The third-order valence-corrected chi connectivity index (χ3v) is 6.76. The van der Waals surface area contributed by atoms with Gasteiger partial charge in [0.1, 0.15) is 5.75 Å². The maximum atomic E-state index is 14.0. The molecule has 200 valence electrons. The summed E-state index contributed by atoms with van der Waals surface area (Å²) in [4.78, 5) is 19.0. The zero-order valence-corrected chi connectivity index (χ0v) is 23.3. The number of carbonyl (C=O) groups excluding carboxylic acids is 1. The first kappa shape index (κ1) is 27.8. The van der Waals surface area contributed by atoms with E-state index in [2.05, 4.69) is 40.6 Å². The van der Waals surface area contributed by atoms with Gasteiger partial charge in [0.15, 0.2) is 11.6 Å². The van der Waals surface area contributed by atoms with Gasteiger partial charge in [-0.2, -0.15) is 0 Å². The van der Waals surface area contributed by atoms with Crippen LogP contribution in [0.5, 0.6) is 5.75 Å². The van der Waals surface area contributed by atoms with Gasteiger partial charge in [-0.05, 0) is 53.4 Å². The van der Waals surface area contributed by atoms with Gasteiger partial charge >= 0.3 is 0 Å². The minimum absolute atomic E-state index is 0.0811. The Bertz CT molecular complexity index is 1220. The number of hydrogen-bond donors (Lipinski definition) is 3. The number of aliphatic hydroxyl groups excluding tert-OH is 1. The lowest BCUT2D eigenvalue weighted by atomic mass is 9.82. The number of nitrogens with one attached hydrogen (secondary N) is 2. The molecule has 1 amide bonds. The molecule has 1 aliphatic heterocycles. The Labute approximate surface area is 232 Å². The van der Waals surface area contributed by atoms with Gasteiger partial charge in [0, 0.05) is 36.0 Å². The van der Waals surface area contributed by atoms with Gasteiger partial charge in [0.25, 0.3) is 5.91 Å². The highest BCUT2D eigenvalue weighted by Crippen LogP contribution is 2.42. The van der Waals surface area contributed by atoms with Crippen molar-refractivity contribution in [3.8, 4) is 5.75 Å². The van der Waals surface area contributed by atoms with Crippen molar-refractivity contribution in [3.63, 3.8) is 0 Å². The van der Waals surface area contributed by atoms with Crippen LogP contribution in [0.4, 0.5) is 0 Å². The lowest BCUT2D eigenvalue weighted by Gasteiger charge is -2.31. The molecule has 8 heteroatoms. The number of halogens is 1. The number of hydrazine groups is 1. The van der Waals surface area contributed by atoms with E-state index in [0.717, 1.165) is 21.2 Å². The first-order valence-corrected chi connectivity index (χ1v) is 13.6. The van der Waals surface area contributed by atoms with Crippen molar-refractivity contribution >= 4 is 27.7 Å². The van der Waals surface area contributed by atoms with Gasteiger partial charge in [-0.3, -0.25) is 10.2 Å². The smallest absolute Gasteiger partial charge is 0.266 e. The van der Waals surface area contributed by atoms with E-state index in [0.29, 0.717) is 43.6 Å². The summed E-state index contributed by atoms with van der Waals surface area (Å²) in [7, 11) is 0. The van der Waals surface area contributed by atoms with Gasteiger partial charge < -0.3 is 14.6 Å². The number of ether oxygens (including phenoxy) is 2. The molecule has 0 saturated carbocycles. The second kappa shape index (κ2) is 13.0. The molecule has 0 fully saturated rings. The maximum absolute atomic E-state index is 14.0. The first-order chi connectivity index (χ1) is 18.4. The minimum atomic E-state index is -1.25. The van der Waals surface area contributed by atoms with Crippen molar-refractivity contribution in [2.24, 2.45) is 10.9 Å². The quantitative estimate of drug-likeness (QED) is 0.208. The van der Waals surface area contributed by atoms with E-state index in [4.69, 9.17) is 19.6 Å². The van der Waals surface area contributed by atoms with Crippen molar-refractivity contribution < 1.29 is 19.4 Å². The Hall–Kier alpha value is -3.20. The average Bonchev–Trinajstić information content (AvgIpc) is 3.30. The minimum Gasteiger partial charge on any atom is -0.494 e. The Balaban J connectivity index is 1.73. The monoisotopic (exact) mass is 579 g/mol. The maximum Gasteiger partial charge on any atom is 0.266 e. The highest BCUT2D eigenvalue weighted by molar-refractivity contribution is 9.10. The van der Waals surface area contributed by atoms with Crippen LogP contribution in [0.3, 0.4) is 0 Å². The van der Waals surface area contributed by atoms with Crippen LogP contribution < -0.4 is 15.6 Å². The van der Waals surface area contributed by atoms with E-state index in [-0.39, 0.29) is 12.5 Å². The standard InChI is InChI=1S/C30H34BrN3O4/c1-21(2)20-32-34-29(36)30(19-22-7-4-3-5-8-22)27(23-9-13-25(31)14-10-23)38-28(33-30)24-11-15-26(16-12-24)37-18-6-17-35/h3-5,7-16,21,27,32,35H,6,17-20H2,1-2H3,(H,34,36)/t27-,30-/m0/s1. The average molecular weight is 581 g/mol. The van der Waals surface area contributed by atoms with E-state index >= 15 is 0 Å². The molecule has 3 N–H and O–H groups in total. The molecular weight excluding hydrogens is 546 g/mol. The molecular formula is C30H34BrN3O4. The van der Waals surface area contributed by atoms with Crippen molar-refractivity contribution in [2.75, 3.05) is 19.8 Å². The summed E-state index contributed by atoms with van der Waals surface area (Å²) in [5.41, 5.74) is 7.32. The third-order valence-electron chi connectivity index (χ3n) is 6.23. The SMILES string of the molecule is CC(C)CNNC(=O)[C@@]1(Cc2ccccc2)N=C(c2ccc(OCCCO)cc2)O[C@H]1c1ccc(Br)cc1. The van der Waals surface area contributed by atoms with Gasteiger partial charge in [0.2, 0.25) is 5.90 Å². The molecule has 1 heterocycles. The number of hydrogen-bond acceptors (Lipinski definition) is 6. The molecule has 0 radical (unpaired) electrons. The van der Waals surface area contributed by atoms with E-state index in [1.165, 1.54) is 0 Å². The fourth-order valence-electron chi connectivity index (χ4n) is 4.27. The zero-order valence-electron chi connectivity index (χ0n) is 21.7. The summed E-state index contributed by atoms with van der Waals surface area (Å²) in [5.74, 6) is 1.19. The summed E-state index contributed by atoms with van der Waals surface area (Å²) in [6, 6.07) is 25.1. The number of benzene rings is 3. The molecule has 0 saturated heterocycles. The summed E-state index contributed by atoms with van der Waals surface area (Å²) in [6.07, 6.45) is 0.274. The first-order valence-electron chi connectivity index (χ1n) is 12.8. The Morgan fingerprint density at radius 3 is 2.45 bits per heavy atom. The number of rotatable bonds is 12. The Morgan fingerprint density at radius 2 is 1.79 bits per heavy atom. The van der Waals surface area contributed by atoms with Crippen LogP contribution in [0.15, 0.2) is 88.3 Å². The van der Waals surface area contributed by atoms with Crippen LogP contribution in [-0.2, 0) is 16.0 Å². The molecule has 0 unspecified atom stereocenters. The molecule has 0 aromatic heterocycles. The second-order valence-electron chi connectivity index (χ2n) is 9.73. The molecule has 0 bridgehead atoms. The number of aliphatic imine (C=N–C) groups is 1. The van der Waals surface area contributed by atoms with Crippen molar-refractivity contribution in [3.05, 3.63) is 100 Å². The van der Waals surface area contributed by atoms with E-state index in [9.17, 15) is 4.79 Å². The predicted octanol–water partition coefficient (Wildman–Crippen LogP) is 4.99. The topological polar surface area (TPSA) is 92.2 Å². The highest BCUT2D eigenvalue weighted by Gasteiger charge is 2.53. The number of amides is 1. The van der Waals surface area contributed by atoms with Gasteiger partial charge in [-0.1, -0.05) is 72.2 Å². The third kappa shape index (κ3) is 6.81. The van der Waals surface area contributed by atoms with Crippen LogP contribution in [0.1, 0.15) is 43.1 Å². The molecule has 2 atom stereocenters. The van der Waals surface area contributed by atoms with Gasteiger partial charge in [0.05, 0.1) is 6.61 Å². The lowest BCUT2D eigenvalue weighted by Crippen LogP contribution is -2.54. The second-order valence-corrected chi connectivity index (χ2v) is 10.6. The van der Waals surface area contributed by atoms with E-state index in [1.807, 2.05) is 78.9 Å². The van der Waals surface area contributed by atoms with E-state index < -0.39 is 11.6 Å². The summed E-state index contributed by atoms with van der Waals surface area (Å²) < 4.78 is 13.1. The summed E-state index contributed by atoms with van der Waals surface area (Å²) >= 11 is 3.51. The van der Waals surface area contributed by atoms with Crippen LogP contribution in [0.25, 0.3) is 0 Å². The fourth-order valence-corrected chi connectivity index (χ4v) is 4.53. The van der Waals surface area contributed by atoms with Crippen LogP contribution in [-0.4, -0.2) is 42.2 Å². The van der Waals surface area contributed by atoms with Crippen molar-refractivity contribution in [2.45, 2.75) is 38.3 Å². The molecule has 3 aromatic carbocycles. The van der Waals surface area contributed by atoms with Crippen LogP contribution in [0, 0.1) is 5.92 Å². The molecule has 4 rings (SSSR count). The lowest BCUT2D eigenvalue weighted by molar-refractivity contribution is -0.130. The highest BCUT2D eigenvalue weighted by atomic mass is 79.9. The van der Waals surface area contributed by atoms with Crippen molar-refractivity contribution in [1.29, 1.82) is 0 Å². The fraction of sp³-hybridized carbons (Fsp3) is 0.333. The molecule has 7 nitrogen and oxygen atoms in total. The molecule has 1 aliphatic rings. The summed E-state index contributed by atoms with van der Waals surface area (Å²) in [5, 5.41) is 8.99. The largest absolute Gasteiger partial charge is 0.494 e. The predicted molar refractivity (Wildman–Crippen MR) is 152 cm³/mol. The number of nitrogens with zero attached hydrogens (tertiary/aromatic N) is 1. The molecule has 0 spiro atoms. The number of carbonyl (C=O) groups is 1. The summed E-state index contributed by atoms with van der Waals surface area (Å²) in [6.45, 7) is 5.30. The van der Waals surface area contributed by atoms with Crippen molar-refractivity contribution in [1.82, 2.24) is 10.9 Å². The van der Waals surface area contributed by atoms with Gasteiger partial charge in [-0.25, -0.2) is 10.4 Å². The molecule has 0 aliphatic carbocycles.